The van der Waals surface area contributed by atoms with E-state index in [9.17, 15) is 29.2 Å². The van der Waals surface area contributed by atoms with Crippen molar-refractivity contribution >= 4 is 22.7 Å². The lowest BCUT2D eigenvalue weighted by molar-refractivity contribution is -0.231. The minimum Gasteiger partial charge on any atom is -0.394 e. The molecule has 1 fully saturated rings. The molecule has 3 heterocycles. The van der Waals surface area contributed by atoms with Gasteiger partial charge in [-0.1, -0.05) is 67.6 Å². The quantitative estimate of drug-likeness (QED) is 0.112. The van der Waals surface area contributed by atoms with Gasteiger partial charge in [-0.25, -0.2) is 8.78 Å². The minimum atomic E-state index is -1.46. The maximum absolute atomic E-state index is 14.1. The normalized spacial score (nSPS) is 20.8. The van der Waals surface area contributed by atoms with Crippen LogP contribution in [0.2, 0.25) is 0 Å². The molecule has 2 aromatic heterocycles. The number of rotatable bonds is 10. The number of hydrogen-bond acceptors (Lipinski definition) is 7. The zero-order valence-corrected chi connectivity index (χ0v) is 31.3. The summed E-state index contributed by atoms with van der Waals surface area (Å²) in [5.74, 6) is -0.511. The molecule has 6 aromatic rings. The van der Waals surface area contributed by atoms with E-state index in [1.807, 2.05) is 49.4 Å². The highest BCUT2D eigenvalue weighted by atomic mass is 32.1. The van der Waals surface area contributed by atoms with E-state index < -0.39 is 37.1 Å². The van der Waals surface area contributed by atoms with Crippen molar-refractivity contribution in [1.82, 2.24) is 0 Å². The summed E-state index contributed by atoms with van der Waals surface area (Å²) >= 11 is 3.39. The zero-order valence-electron chi connectivity index (χ0n) is 29.7. The largest absolute Gasteiger partial charge is 0.394 e. The second kappa shape index (κ2) is 15.7. The summed E-state index contributed by atoms with van der Waals surface area (Å²) in [6.45, 7) is 5.87. The van der Waals surface area contributed by atoms with Crippen LogP contribution in [0.25, 0.3) is 20.9 Å². The third kappa shape index (κ3) is 7.93. The van der Waals surface area contributed by atoms with Gasteiger partial charge in [-0.3, -0.25) is 0 Å². The number of aryl methyl sites for hydroxylation is 2. The molecule has 4 aromatic carbocycles. The fraction of sp³-hybridized carbons (Fsp3) is 0.273. The van der Waals surface area contributed by atoms with Crippen LogP contribution in [0.1, 0.15) is 67.6 Å². The number of ether oxygens (including phenoxy) is 1. The molecular formula is C44H42F2O5S2. The Morgan fingerprint density at radius 2 is 1.28 bits per heavy atom. The Balaban J connectivity index is 1.19. The van der Waals surface area contributed by atoms with Crippen LogP contribution >= 0.6 is 22.7 Å². The number of aliphatic hydroxyl groups excluding tert-OH is 4. The van der Waals surface area contributed by atoms with Crippen molar-refractivity contribution in [3.63, 3.8) is 0 Å². The average molecular weight is 753 g/mol. The topological polar surface area (TPSA) is 90.2 Å². The van der Waals surface area contributed by atoms with E-state index in [0.717, 1.165) is 48.9 Å². The molecule has 4 N–H and O–H groups in total. The third-order valence-corrected chi connectivity index (χ3v) is 12.7. The zero-order chi connectivity index (χ0) is 37.4. The molecule has 1 aliphatic rings. The summed E-state index contributed by atoms with van der Waals surface area (Å²) < 4.78 is 33.4. The van der Waals surface area contributed by atoms with E-state index >= 15 is 0 Å². The van der Waals surface area contributed by atoms with Crippen molar-refractivity contribution in [1.29, 1.82) is 0 Å². The molecule has 0 spiro atoms. The van der Waals surface area contributed by atoms with Gasteiger partial charge in [0.2, 0.25) is 0 Å². The molecule has 0 amide bonds. The molecule has 5 nitrogen and oxygen atoms in total. The van der Waals surface area contributed by atoms with Gasteiger partial charge in [0.25, 0.3) is 0 Å². The average Bonchev–Trinajstić information content (AvgIpc) is 3.80. The van der Waals surface area contributed by atoms with Crippen LogP contribution < -0.4 is 0 Å². The minimum absolute atomic E-state index is 0.0269. The summed E-state index contributed by atoms with van der Waals surface area (Å²) in [6, 6.07) is 32.1. The maximum Gasteiger partial charge on any atom is 0.123 e. The van der Waals surface area contributed by atoms with Crippen LogP contribution in [0, 0.1) is 25.5 Å². The molecule has 7 rings (SSSR count). The molecule has 6 atom stereocenters. The van der Waals surface area contributed by atoms with Gasteiger partial charge in [0.05, 0.1) is 6.61 Å². The predicted molar refractivity (Wildman–Crippen MR) is 208 cm³/mol. The van der Waals surface area contributed by atoms with Crippen LogP contribution in [-0.2, 0) is 17.6 Å². The van der Waals surface area contributed by atoms with Crippen LogP contribution in [0.15, 0.2) is 103 Å². The summed E-state index contributed by atoms with van der Waals surface area (Å²) in [4.78, 5) is 4.51. The lowest BCUT2D eigenvalue weighted by Crippen LogP contribution is -2.55. The van der Waals surface area contributed by atoms with E-state index in [-0.39, 0.29) is 17.6 Å². The molecule has 1 unspecified atom stereocenters. The first-order chi connectivity index (χ1) is 25.5. The van der Waals surface area contributed by atoms with Gasteiger partial charge in [-0.05, 0) is 106 Å². The number of hydrogen-bond donors (Lipinski definition) is 4. The second-order valence-corrected chi connectivity index (χ2v) is 16.3. The van der Waals surface area contributed by atoms with Crippen LogP contribution in [0.3, 0.4) is 0 Å². The third-order valence-electron chi connectivity index (χ3n) is 10.4. The van der Waals surface area contributed by atoms with Crippen molar-refractivity contribution < 1.29 is 33.9 Å². The first-order valence-corrected chi connectivity index (χ1v) is 19.3. The van der Waals surface area contributed by atoms with Crippen LogP contribution in [-0.4, -0.2) is 51.4 Å². The highest BCUT2D eigenvalue weighted by Crippen LogP contribution is 2.42. The van der Waals surface area contributed by atoms with Gasteiger partial charge >= 0.3 is 0 Å². The molecular weight excluding hydrogens is 711 g/mol. The Morgan fingerprint density at radius 1 is 0.660 bits per heavy atom. The molecule has 0 bridgehead atoms. The molecule has 0 saturated carbocycles. The Morgan fingerprint density at radius 3 is 1.96 bits per heavy atom. The summed E-state index contributed by atoms with van der Waals surface area (Å²) in [7, 11) is 0. The summed E-state index contributed by atoms with van der Waals surface area (Å²) in [5.41, 5.74) is 9.41. The first kappa shape index (κ1) is 37.3. The highest BCUT2D eigenvalue weighted by Gasteiger charge is 2.44. The number of aliphatic hydroxyl groups is 4. The predicted octanol–water partition coefficient (Wildman–Crippen LogP) is 8.89. The van der Waals surface area contributed by atoms with Gasteiger partial charge in [-0.2, -0.15) is 0 Å². The molecule has 0 aliphatic carbocycles. The fourth-order valence-corrected chi connectivity index (χ4v) is 9.40. The summed E-state index contributed by atoms with van der Waals surface area (Å²) in [5, 5.41) is 41.3. The van der Waals surface area contributed by atoms with Crippen molar-refractivity contribution in [3.05, 3.63) is 163 Å². The molecule has 274 valence electrons. The lowest BCUT2D eigenvalue weighted by Gasteiger charge is -2.40. The Hall–Kier alpha value is -4.06. The summed E-state index contributed by atoms with van der Waals surface area (Å²) in [6.07, 6.45) is -4.78. The Kier molecular flexibility index (Phi) is 11.1. The van der Waals surface area contributed by atoms with Gasteiger partial charge in [0, 0.05) is 38.3 Å². The first-order valence-electron chi connectivity index (χ1n) is 17.7. The maximum atomic E-state index is 14.1. The van der Waals surface area contributed by atoms with Crippen molar-refractivity contribution in [3.8, 4) is 20.9 Å². The van der Waals surface area contributed by atoms with Gasteiger partial charge < -0.3 is 25.2 Å². The fourth-order valence-electron chi connectivity index (χ4n) is 7.08. The number of thiophene rings is 2. The highest BCUT2D eigenvalue weighted by molar-refractivity contribution is 7.16. The molecule has 0 radical (unpaired) electrons. The van der Waals surface area contributed by atoms with Gasteiger partial charge in [0.1, 0.15) is 42.2 Å². The second-order valence-electron chi connectivity index (χ2n) is 14.0. The number of benzene rings is 4. The number of halogens is 2. The van der Waals surface area contributed by atoms with Gasteiger partial charge in [0.15, 0.2) is 0 Å². The molecule has 53 heavy (non-hydrogen) atoms. The van der Waals surface area contributed by atoms with Crippen molar-refractivity contribution in [2.45, 2.75) is 70.1 Å². The smallest absolute Gasteiger partial charge is 0.123 e. The van der Waals surface area contributed by atoms with E-state index in [2.05, 4.69) is 50.2 Å². The molecule has 1 saturated heterocycles. The monoisotopic (exact) mass is 752 g/mol. The van der Waals surface area contributed by atoms with E-state index in [1.165, 1.54) is 45.8 Å². The Bertz CT molecular complexity index is 2190. The van der Waals surface area contributed by atoms with Gasteiger partial charge in [-0.15, -0.1) is 22.7 Å². The molecule has 1 aliphatic heterocycles. The van der Waals surface area contributed by atoms with Crippen molar-refractivity contribution in [2.75, 3.05) is 6.61 Å². The van der Waals surface area contributed by atoms with E-state index in [4.69, 9.17) is 4.74 Å². The lowest BCUT2D eigenvalue weighted by atomic mass is 9.88. The van der Waals surface area contributed by atoms with E-state index in [0.29, 0.717) is 12.0 Å². The standard InChI is InChI=1S/C44H42F2O5S2/c1-24-4-6-29(18-31(24)20-35-16-17-39(52-35)27-8-12-33(45)13-9-27)26(3)37-22-36(53-44(37)28-10-14-34(46)15-11-28)21-32-19-30(7-5-25(32)2)43-42(50)41(49)40(48)38(23-47)51-43/h4-19,22,26,38,40-43,47-50H,20-21,23H2,1-3H3/t26?,38-,40-,41+,42-,43+/m1/s1. The van der Waals surface area contributed by atoms with Crippen LogP contribution in [0.5, 0.6) is 0 Å². The van der Waals surface area contributed by atoms with Crippen LogP contribution in [0.4, 0.5) is 8.78 Å². The molecule has 9 heteroatoms. The van der Waals surface area contributed by atoms with E-state index in [1.54, 1.807) is 22.7 Å². The SMILES string of the molecule is Cc1ccc(C(C)c2cc(Cc3cc([C@@H]4O[C@H](CO)[C@@H](O)[C@H](O)[C@H]4O)ccc3C)sc2-c2ccc(F)cc2)cc1Cc1ccc(-c2ccc(F)cc2)s1. The van der Waals surface area contributed by atoms with Crippen molar-refractivity contribution in [2.24, 2.45) is 0 Å². The Labute approximate surface area is 316 Å².